The van der Waals surface area contributed by atoms with Crippen molar-refractivity contribution in [2.45, 2.75) is 13.1 Å². The Morgan fingerprint density at radius 1 is 1.28 bits per heavy atom. The van der Waals surface area contributed by atoms with Gasteiger partial charge < -0.3 is 9.64 Å². The van der Waals surface area contributed by atoms with Crippen LogP contribution in [0.15, 0.2) is 30.5 Å². The molecule has 3 rings (SSSR count). The van der Waals surface area contributed by atoms with Crippen molar-refractivity contribution in [2.24, 2.45) is 0 Å². The van der Waals surface area contributed by atoms with Gasteiger partial charge in [-0.25, -0.2) is 4.68 Å². The number of nitriles is 1. The molecule has 90 valence electrons. The van der Waals surface area contributed by atoms with Gasteiger partial charge in [0, 0.05) is 5.56 Å². The van der Waals surface area contributed by atoms with Gasteiger partial charge in [0.15, 0.2) is 6.19 Å². The average Bonchev–Trinajstić information content (AvgIpc) is 2.98. The number of nitrogens with zero attached hydrogens (tertiary/aromatic N) is 4. The molecule has 5 heteroatoms. The van der Waals surface area contributed by atoms with Crippen molar-refractivity contribution >= 4 is 0 Å². The van der Waals surface area contributed by atoms with Crippen LogP contribution in [0.1, 0.15) is 11.3 Å². The summed E-state index contributed by atoms with van der Waals surface area (Å²) in [6, 6.07) is 7.73. The summed E-state index contributed by atoms with van der Waals surface area (Å²) < 4.78 is 7.01. The monoisotopic (exact) mass is 240 g/mol. The molecule has 0 bridgehead atoms. The summed E-state index contributed by atoms with van der Waals surface area (Å²) in [4.78, 5) is 1.71. The zero-order valence-electron chi connectivity index (χ0n) is 10.00. The summed E-state index contributed by atoms with van der Waals surface area (Å²) in [6.07, 6.45) is 4.00. The molecule has 0 N–H and O–H groups in total. The number of benzene rings is 1. The van der Waals surface area contributed by atoms with E-state index in [9.17, 15) is 0 Å². The van der Waals surface area contributed by atoms with Crippen LogP contribution in [0.5, 0.6) is 5.75 Å². The Morgan fingerprint density at radius 3 is 2.72 bits per heavy atom. The van der Waals surface area contributed by atoms with Gasteiger partial charge in [0.25, 0.3) is 0 Å². The van der Waals surface area contributed by atoms with Crippen LogP contribution in [0.25, 0.3) is 5.69 Å². The van der Waals surface area contributed by atoms with Gasteiger partial charge in [-0.3, -0.25) is 0 Å². The first-order valence-corrected chi connectivity index (χ1v) is 5.66. The molecule has 0 fully saturated rings. The van der Waals surface area contributed by atoms with Crippen molar-refractivity contribution in [2.75, 3.05) is 7.11 Å². The highest BCUT2D eigenvalue weighted by Gasteiger charge is 2.23. The van der Waals surface area contributed by atoms with E-state index in [4.69, 9.17) is 10.00 Å². The Balaban J connectivity index is 1.97. The first-order chi connectivity index (χ1) is 8.81. The molecule has 1 aromatic heterocycles. The Kier molecular flexibility index (Phi) is 2.41. The molecule has 0 radical (unpaired) electrons. The quantitative estimate of drug-likeness (QED) is 0.749. The minimum absolute atomic E-state index is 0.623. The Bertz CT molecular complexity index is 609. The van der Waals surface area contributed by atoms with Gasteiger partial charge in [0.05, 0.1) is 37.8 Å². The van der Waals surface area contributed by atoms with Gasteiger partial charge in [0.2, 0.25) is 0 Å². The largest absolute Gasteiger partial charge is 0.497 e. The second-order valence-electron chi connectivity index (χ2n) is 4.18. The minimum Gasteiger partial charge on any atom is -0.497 e. The van der Waals surface area contributed by atoms with Crippen molar-refractivity contribution in [3.05, 3.63) is 41.7 Å². The molecule has 2 aromatic rings. The molecule has 0 aliphatic carbocycles. The van der Waals surface area contributed by atoms with Crippen molar-refractivity contribution in [3.8, 4) is 17.6 Å². The van der Waals surface area contributed by atoms with Gasteiger partial charge in [-0.05, 0) is 24.3 Å². The molecule has 1 aliphatic rings. The van der Waals surface area contributed by atoms with E-state index in [1.807, 2.05) is 35.1 Å². The van der Waals surface area contributed by atoms with E-state index >= 15 is 0 Å². The molecular formula is C13H12N4O. The van der Waals surface area contributed by atoms with Crippen LogP contribution in [0.3, 0.4) is 0 Å². The third-order valence-electron chi connectivity index (χ3n) is 3.12. The normalized spacial score (nSPS) is 13.2. The lowest BCUT2D eigenvalue weighted by Gasteiger charge is -2.08. The summed E-state index contributed by atoms with van der Waals surface area (Å²) >= 11 is 0. The van der Waals surface area contributed by atoms with Gasteiger partial charge >= 0.3 is 0 Å². The average molecular weight is 240 g/mol. The lowest BCUT2D eigenvalue weighted by atomic mass is 10.2. The third kappa shape index (κ3) is 1.59. The molecule has 0 saturated heterocycles. The molecule has 0 unspecified atom stereocenters. The Hall–Kier alpha value is -2.48. The van der Waals surface area contributed by atoms with Crippen molar-refractivity contribution in [1.82, 2.24) is 14.7 Å². The lowest BCUT2D eigenvalue weighted by molar-refractivity contribution is 0.407. The standard InChI is InChI=1S/C13H12N4O/c1-18-12-4-2-11(3-5-12)17-13-8-16(9-14)7-10(13)6-15-17/h2-6H,7-8H2,1H3. The molecule has 1 aromatic carbocycles. The number of ether oxygens (including phenoxy) is 1. The van der Waals surface area contributed by atoms with Crippen LogP contribution in [0.4, 0.5) is 0 Å². The molecule has 5 nitrogen and oxygen atoms in total. The minimum atomic E-state index is 0.623. The van der Waals surface area contributed by atoms with Gasteiger partial charge in [-0.2, -0.15) is 10.4 Å². The fourth-order valence-electron chi connectivity index (χ4n) is 2.17. The SMILES string of the molecule is COc1ccc(-n2ncc3c2CN(C#N)C3)cc1. The van der Waals surface area contributed by atoms with Crippen LogP contribution in [-0.2, 0) is 13.1 Å². The highest BCUT2D eigenvalue weighted by Crippen LogP contribution is 2.25. The first-order valence-electron chi connectivity index (χ1n) is 5.66. The summed E-state index contributed by atoms with van der Waals surface area (Å²) in [7, 11) is 1.64. The van der Waals surface area contributed by atoms with E-state index in [0.717, 1.165) is 22.7 Å². The second kappa shape index (κ2) is 4.08. The molecule has 2 heterocycles. The molecule has 18 heavy (non-hydrogen) atoms. The predicted molar refractivity (Wildman–Crippen MR) is 65.0 cm³/mol. The van der Waals surface area contributed by atoms with Crippen molar-refractivity contribution in [1.29, 1.82) is 5.26 Å². The maximum absolute atomic E-state index is 8.92. The number of fused-ring (bicyclic) bond motifs is 1. The first kappa shape index (κ1) is 10.7. The molecule has 1 aliphatic heterocycles. The number of hydrogen-bond donors (Lipinski definition) is 0. The van der Waals surface area contributed by atoms with E-state index in [2.05, 4.69) is 11.3 Å². The fourth-order valence-corrected chi connectivity index (χ4v) is 2.17. The van der Waals surface area contributed by atoms with Crippen molar-refractivity contribution in [3.63, 3.8) is 0 Å². The number of hydrogen-bond acceptors (Lipinski definition) is 4. The van der Waals surface area contributed by atoms with Crippen LogP contribution < -0.4 is 4.74 Å². The maximum atomic E-state index is 8.92. The smallest absolute Gasteiger partial charge is 0.180 e. The number of rotatable bonds is 2. The van der Waals surface area contributed by atoms with E-state index < -0.39 is 0 Å². The molecule has 0 amide bonds. The Morgan fingerprint density at radius 2 is 2.06 bits per heavy atom. The molecule has 0 saturated carbocycles. The fraction of sp³-hybridized carbons (Fsp3) is 0.231. The number of aromatic nitrogens is 2. The maximum Gasteiger partial charge on any atom is 0.180 e. The molecule has 0 atom stereocenters. The highest BCUT2D eigenvalue weighted by atomic mass is 16.5. The van der Waals surface area contributed by atoms with E-state index in [1.54, 1.807) is 12.0 Å². The van der Waals surface area contributed by atoms with Gasteiger partial charge in [0.1, 0.15) is 5.75 Å². The van der Waals surface area contributed by atoms with Crippen LogP contribution in [0, 0.1) is 11.5 Å². The summed E-state index contributed by atoms with van der Waals surface area (Å²) in [5.74, 6) is 0.821. The zero-order valence-corrected chi connectivity index (χ0v) is 10.00. The topological polar surface area (TPSA) is 54.1 Å². The number of methoxy groups -OCH3 is 1. The van der Waals surface area contributed by atoms with Gasteiger partial charge in [-0.1, -0.05) is 0 Å². The summed E-state index contributed by atoms with van der Waals surface area (Å²) in [6.45, 7) is 1.28. The second-order valence-corrected chi connectivity index (χ2v) is 4.18. The van der Waals surface area contributed by atoms with E-state index in [0.29, 0.717) is 13.1 Å². The van der Waals surface area contributed by atoms with E-state index in [1.165, 1.54) is 0 Å². The summed E-state index contributed by atoms with van der Waals surface area (Å²) in [5, 5.41) is 13.3. The van der Waals surface area contributed by atoms with Crippen LogP contribution in [-0.4, -0.2) is 21.8 Å². The molecular weight excluding hydrogens is 228 g/mol. The van der Waals surface area contributed by atoms with E-state index in [-0.39, 0.29) is 0 Å². The van der Waals surface area contributed by atoms with Gasteiger partial charge in [-0.15, -0.1) is 0 Å². The summed E-state index contributed by atoms with van der Waals surface area (Å²) in [5.41, 5.74) is 3.19. The highest BCUT2D eigenvalue weighted by molar-refractivity contribution is 5.40. The third-order valence-corrected chi connectivity index (χ3v) is 3.12. The predicted octanol–water partition coefficient (Wildman–Crippen LogP) is 1.68. The van der Waals surface area contributed by atoms with Crippen molar-refractivity contribution < 1.29 is 4.74 Å². The lowest BCUT2D eigenvalue weighted by Crippen LogP contribution is -2.10. The zero-order chi connectivity index (χ0) is 12.5. The molecule has 0 spiro atoms. The Labute approximate surface area is 105 Å². The van der Waals surface area contributed by atoms with Crippen LogP contribution >= 0.6 is 0 Å². The van der Waals surface area contributed by atoms with Crippen LogP contribution in [0.2, 0.25) is 0 Å².